The smallest absolute Gasteiger partial charge is 0.259 e. The summed E-state index contributed by atoms with van der Waals surface area (Å²) < 4.78 is 24.7. The van der Waals surface area contributed by atoms with Crippen molar-refractivity contribution < 1.29 is 8.76 Å². The molecule has 4 nitrogen and oxygen atoms in total. The summed E-state index contributed by atoms with van der Waals surface area (Å²) in [7, 11) is 0. The first-order chi connectivity index (χ1) is 4.68. The zero-order valence-corrected chi connectivity index (χ0v) is 6.83. The zero-order chi connectivity index (χ0) is 7.56. The van der Waals surface area contributed by atoms with E-state index in [1.54, 1.807) is 6.07 Å². The lowest BCUT2D eigenvalue weighted by molar-refractivity contribution is 0.570. The molecule has 0 aromatic carbocycles. The third-order valence-corrected chi connectivity index (χ3v) is 2.14. The molecule has 0 bridgehead atoms. The number of aromatic nitrogens is 1. The number of aryl methyl sites for hydroxylation is 1. The molecule has 1 unspecified atom stereocenters. The Labute approximate surface area is 64.9 Å². The van der Waals surface area contributed by atoms with Crippen molar-refractivity contribution in [2.45, 2.75) is 6.92 Å². The van der Waals surface area contributed by atoms with Gasteiger partial charge in [-0.1, -0.05) is 0 Å². The zero-order valence-electron chi connectivity index (χ0n) is 5.20. The summed E-state index contributed by atoms with van der Waals surface area (Å²) in [6.45, 7) is 1.82. The SMILES string of the molecule is Cc1cc(NS(=O)O)sn1. The predicted octanol–water partition coefficient (Wildman–Crippen LogP) is 1.00. The van der Waals surface area contributed by atoms with E-state index in [-0.39, 0.29) is 0 Å². The van der Waals surface area contributed by atoms with E-state index in [4.69, 9.17) is 4.55 Å². The summed E-state index contributed by atoms with van der Waals surface area (Å²) in [5.74, 6) is 0. The topological polar surface area (TPSA) is 62.2 Å². The summed E-state index contributed by atoms with van der Waals surface area (Å²) in [6, 6.07) is 1.71. The molecule has 1 atom stereocenters. The number of rotatable bonds is 2. The molecule has 0 radical (unpaired) electrons. The van der Waals surface area contributed by atoms with Crippen LogP contribution in [0.1, 0.15) is 5.69 Å². The Bertz CT molecular complexity index is 247. The number of nitrogens with zero attached hydrogens (tertiary/aromatic N) is 1. The normalized spacial score (nSPS) is 13.0. The molecule has 0 saturated carbocycles. The molecule has 0 aliphatic heterocycles. The summed E-state index contributed by atoms with van der Waals surface area (Å²) in [5, 5.41) is 0.610. The van der Waals surface area contributed by atoms with Gasteiger partial charge in [-0.3, -0.25) is 9.27 Å². The molecule has 0 aliphatic carbocycles. The second kappa shape index (κ2) is 3.09. The summed E-state index contributed by atoms with van der Waals surface area (Å²) in [6.07, 6.45) is 0. The van der Waals surface area contributed by atoms with Gasteiger partial charge in [-0.05, 0) is 24.5 Å². The second-order valence-electron chi connectivity index (χ2n) is 1.68. The first kappa shape index (κ1) is 7.64. The van der Waals surface area contributed by atoms with Gasteiger partial charge in [-0.15, -0.1) is 0 Å². The minimum Gasteiger partial charge on any atom is -0.289 e. The molecule has 1 aromatic rings. The maximum atomic E-state index is 10.2. The van der Waals surface area contributed by atoms with E-state index >= 15 is 0 Å². The minimum absolute atomic E-state index is 0.610. The quantitative estimate of drug-likeness (QED) is 0.664. The molecule has 2 N–H and O–H groups in total. The van der Waals surface area contributed by atoms with Gasteiger partial charge in [-0.25, -0.2) is 4.21 Å². The standard InChI is InChI=1S/C4H6N2O2S2/c1-3-2-4(9-5-3)6-10(7)8/h2,6H,1H3,(H,7,8). The maximum absolute atomic E-state index is 10.2. The Morgan fingerprint density at radius 1 is 1.90 bits per heavy atom. The molecule has 6 heteroatoms. The molecule has 0 aliphatic rings. The Kier molecular flexibility index (Phi) is 2.36. The van der Waals surface area contributed by atoms with Crippen molar-refractivity contribution >= 4 is 27.8 Å². The predicted molar refractivity (Wildman–Crippen MR) is 41.2 cm³/mol. The van der Waals surface area contributed by atoms with Crippen LogP contribution in [0.15, 0.2) is 6.07 Å². The largest absolute Gasteiger partial charge is 0.289 e. The first-order valence-electron chi connectivity index (χ1n) is 2.49. The van der Waals surface area contributed by atoms with Crippen LogP contribution in [0.5, 0.6) is 0 Å². The Hall–Kier alpha value is -0.460. The molecule has 0 saturated heterocycles. The minimum atomic E-state index is -1.98. The van der Waals surface area contributed by atoms with Gasteiger partial charge in [0.2, 0.25) is 0 Å². The van der Waals surface area contributed by atoms with Crippen molar-refractivity contribution in [2.75, 3.05) is 4.72 Å². The Morgan fingerprint density at radius 2 is 2.60 bits per heavy atom. The average Bonchev–Trinajstić information content (AvgIpc) is 2.13. The average molecular weight is 178 g/mol. The van der Waals surface area contributed by atoms with E-state index in [9.17, 15) is 4.21 Å². The fraction of sp³-hybridized carbons (Fsp3) is 0.250. The van der Waals surface area contributed by atoms with E-state index in [2.05, 4.69) is 9.10 Å². The monoisotopic (exact) mass is 178 g/mol. The van der Waals surface area contributed by atoms with Crippen LogP contribution in [0.2, 0.25) is 0 Å². The third kappa shape index (κ3) is 2.05. The van der Waals surface area contributed by atoms with Gasteiger partial charge in [0.25, 0.3) is 11.3 Å². The molecular formula is C4H6N2O2S2. The maximum Gasteiger partial charge on any atom is 0.259 e. The molecule has 56 valence electrons. The number of nitrogens with one attached hydrogen (secondary N) is 1. The third-order valence-electron chi connectivity index (χ3n) is 0.816. The van der Waals surface area contributed by atoms with Crippen LogP contribution in [0, 0.1) is 6.92 Å². The lowest BCUT2D eigenvalue weighted by Crippen LogP contribution is -1.99. The van der Waals surface area contributed by atoms with Crippen LogP contribution in [0.3, 0.4) is 0 Å². The van der Waals surface area contributed by atoms with Crippen molar-refractivity contribution in [3.63, 3.8) is 0 Å². The Balaban J connectivity index is 2.67. The lowest BCUT2D eigenvalue weighted by Gasteiger charge is -1.90. The van der Waals surface area contributed by atoms with Gasteiger partial charge < -0.3 is 0 Å². The van der Waals surface area contributed by atoms with E-state index in [1.807, 2.05) is 6.92 Å². The molecule has 0 amide bonds. The van der Waals surface area contributed by atoms with Gasteiger partial charge in [0.1, 0.15) is 5.00 Å². The first-order valence-corrected chi connectivity index (χ1v) is 4.37. The highest BCUT2D eigenvalue weighted by Crippen LogP contribution is 2.15. The van der Waals surface area contributed by atoms with Gasteiger partial charge >= 0.3 is 0 Å². The summed E-state index contributed by atoms with van der Waals surface area (Å²) >= 11 is -0.819. The van der Waals surface area contributed by atoms with Crippen LogP contribution >= 0.6 is 11.5 Å². The van der Waals surface area contributed by atoms with E-state index in [1.165, 1.54) is 0 Å². The van der Waals surface area contributed by atoms with Crippen molar-refractivity contribution in [3.8, 4) is 0 Å². The fourth-order valence-corrected chi connectivity index (χ4v) is 1.61. The highest BCUT2D eigenvalue weighted by Gasteiger charge is 1.98. The molecule has 10 heavy (non-hydrogen) atoms. The van der Waals surface area contributed by atoms with Crippen LogP contribution in [-0.2, 0) is 11.3 Å². The fourth-order valence-electron chi connectivity index (χ4n) is 0.498. The summed E-state index contributed by atoms with van der Waals surface area (Å²) in [4.78, 5) is 0. The number of anilines is 1. The Morgan fingerprint density at radius 3 is 3.00 bits per heavy atom. The highest BCUT2D eigenvalue weighted by atomic mass is 32.2. The van der Waals surface area contributed by atoms with Gasteiger partial charge in [0.05, 0.1) is 5.69 Å². The van der Waals surface area contributed by atoms with Gasteiger partial charge in [0.15, 0.2) is 0 Å². The van der Waals surface area contributed by atoms with E-state index < -0.39 is 11.3 Å². The van der Waals surface area contributed by atoms with Crippen molar-refractivity contribution in [2.24, 2.45) is 0 Å². The van der Waals surface area contributed by atoms with Crippen LogP contribution < -0.4 is 4.72 Å². The molecular weight excluding hydrogens is 172 g/mol. The summed E-state index contributed by atoms with van der Waals surface area (Å²) in [5.41, 5.74) is 0.845. The lowest BCUT2D eigenvalue weighted by atomic mass is 10.5. The van der Waals surface area contributed by atoms with Crippen molar-refractivity contribution in [1.82, 2.24) is 4.37 Å². The molecule has 1 rings (SSSR count). The van der Waals surface area contributed by atoms with Crippen LogP contribution in [0.25, 0.3) is 0 Å². The van der Waals surface area contributed by atoms with Crippen LogP contribution in [-0.4, -0.2) is 13.1 Å². The number of hydrogen-bond acceptors (Lipinski definition) is 3. The van der Waals surface area contributed by atoms with Crippen molar-refractivity contribution in [1.29, 1.82) is 0 Å². The molecule has 1 aromatic heterocycles. The molecule has 1 heterocycles. The second-order valence-corrected chi connectivity index (χ2v) is 3.19. The van der Waals surface area contributed by atoms with Gasteiger partial charge in [0, 0.05) is 0 Å². The molecule has 0 spiro atoms. The van der Waals surface area contributed by atoms with Crippen molar-refractivity contribution in [3.05, 3.63) is 11.8 Å². The highest BCUT2D eigenvalue weighted by molar-refractivity contribution is 7.80. The van der Waals surface area contributed by atoms with Crippen LogP contribution in [0.4, 0.5) is 5.00 Å². The van der Waals surface area contributed by atoms with E-state index in [0.29, 0.717) is 5.00 Å². The number of hydrogen-bond donors (Lipinski definition) is 2. The molecule has 0 fully saturated rings. The van der Waals surface area contributed by atoms with E-state index in [0.717, 1.165) is 17.2 Å². The van der Waals surface area contributed by atoms with Gasteiger partial charge in [-0.2, -0.15) is 4.37 Å².